The summed E-state index contributed by atoms with van der Waals surface area (Å²) < 4.78 is 1.92. The van der Waals surface area contributed by atoms with E-state index in [2.05, 4.69) is 5.32 Å². The first-order chi connectivity index (χ1) is 8.58. The molecule has 1 atom stereocenters. The van der Waals surface area contributed by atoms with Gasteiger partial charge in [-0.2, -0.15) is 11.8 Å². The minimum atomic E-state index is -0.0205. The quantitative estimate of drug-likeness (QED) is 0.880. The molecule has 100 valence electrons. The van der Waals surface area contributed by atoms with Crippen LogP contribution in [-0.4, -0.2) is 28.0 Å². The number of nitrogens with two attached hydrogens (primary N) is 1. The lowest BCUT2D eigenvalue weighted by molar-refractivity contribution is 0.0943. The minimum Gasteiger partial charge on any atom is -0.397 e. The molecule has 1 aliphatic heterocycles. The molecule has 0 bridgehead atoms. The summed E-state index contributed by atoms with van der Waals surface area (Å²) in [7, 11) is 0. The van der Waals surface area contributed by atoms with Crippen molar-refractivity contribution in [1.82, 2.24) is 9.88 Å². The number of thioether (sulfide) groups is 1. The van der Waals surface area contributed by atoms with E-state index in [0.717, 1.165) is 6.54 Å². The summed E-state index contributed by atoms with van der Waals surface area (Å²) in [6.07, 6.45) is 4.29. The first-order valence-corrected chi connectivity index (χ1v) is 7.50. The summed E-state index contributed by atoms with van der Waals surface area (Å²) in [5.41, 5.74) is 7.07. The van der Waals surface area contributed by atoms with Gasteiger partial charge < -0.3 is 15.6 Å². The molecule has 4 nitrogen and oxygen atoms in total. The molecule has 5 heteroatoms. The van der Waals surface area contributed by atoms with Crippen LogP contribution in [0.4, 0.5) is 5.69 Å². The predicted molar refractivity (Wildman–Crippen MR) is 77.0 cm³/mol. The van der Waals surface area contributed by atoms with Gasteiger partial charge in [-0.3, -0.25) is 4.79 Å². The lowest BCUT2D eigenvalue weighted by Gasteiger charge is -2.14. The highest BCUT2D eigenvalue weighted by atomic mass is 32.2. The third-order valence-electron chi connectivity index (χ3n) is 3.17. The number of hydrogen-bond acceptors (Lipinski definition) is 3. The molecule has 0 aliphatic carbocycles. The highest BCUT2D eigenvalue weighted by molar-refractivity contribution is 8.00. The standard InChI is InChI=1S/C13H21N3OS/c1-9(2)16-8-10(14)6-12(16)13(17)15-7-11-4-3-5-18-11/h6,8-9,11H,3-5,7,14H2,1-2H3,(H,15,17). The number of nitrogens with zero attached hydrogens (tertiary/aromatic N) is 1. The average molecular weight is 267 g/mol. The Labute approximate surface area is 112 Å². The summed E-state index contributed by atoms with van der Waals surface area (Å²) in [6.45, 7) is 4.85. The van der Waals surface area contributed by atoms with E-state index in [0.29, 0.717) is 16.6 Å². The van der Waals surface area contributed by atoms with Gasteiger partial charge in [0.1, 0.15) is 5.69 Å². The summed E-state index contributed by atoms with van der Waals surface area (Å²) in [4.78, 5) is 12.1. The highest BCUT2D eigenvalue weighted by Gasteiger charge is 2.19. The van der Waals surface area contributed by atoms with Gasteiger partial charge >= 0.3 is 0 Å². The summed E-state index contributed by atoms with van der Waals surface area (Å²) in [6, 6.07) is 1.99. The van der Waals surface area contributed by atoms with Gasteiger partial charge in [0.05, 0.1) is 5.69 Å². The van der Waals surface area contributed by atoms with Gasteiger partial charge in [0.15, 0.2) is 0 Å². The van der Waals surface area contributed by atoms with Crippen molar-refractivity contribution in [3.8, 4) is 0 Å². The van der Waals surface area contributed by atoms with Crippen LogP contribution in [0.1, 0.15) is 43.2 Å². The lowest BCUT2D eigenvalue weighted by Crippen LogP contribution is -2.31. The normalized spacial score (nSPS) is 19.4. The van der Waals surface area contributed by atoms with E-state index in [-0.39, 0.29) is 11.9 Å². The van der Waals surface area contributed by atoms with E-state index >= 15 is 0 Å². The Morgan fingerprint density at radius 3 is 3.06 bits per heavy atom. The van der Waals surface area contributed by atoms with Gasteiger partial charge in [0, 0.05) is 24.0 Å². The Kier molecular flexibility index (Phi) is 4.22. The second-order valence-corrected chi connectivity index (χ2v) is 6.41. The number of carbonyl (C=O) groups is 1. The smallest absolute Gasteiger partial charge is 0.268 e. The summed E-state index contributed by atoms with van der Waals surface area (Å²) in [5, 5.41) is 3.59. The van der Waals surface area contributed by atoms with Crippen LogP contribution in [0.2, 0.25) is 0 Å². The van der Waals surface area contributed by atoms with E-state index in [1.54, 1.807) is 6.07 Å². The number of amides is 1. The van der Waals surface area contributed by atoms with Crippen molar-refractivity contribution in [3.05, 3.63) is 18.0 Å². The minimum absolute atomic E-state index is 0.0205. The molecule has 2 heterocycles. The molecule has 0 spiro atoms. The van der Waals surface area contributed by atoms with Crippen LogP contribution in [0, 0.1) is 0 Å². The van der Waals surface area contributed by atoms with Crippen molar-refractivity contribution >= 4 is 23.4 Å². The summed E-state index contributed by atoms with van der Waals surface area (Å²) in [5.74, 6) is 1.20. The van der Waals surface area contributed by atoms with Gasteiger partial charge in [-0.05, 0) is 38.5 Å². The molecule has 0 radical (unpaired) electrons. The SMILES string of the molecule is CC(C)n1cc(N)cc1C(=O)NCC1CCCS1. The largest absolute Gasteiger partial charge is 0.397 e. The predicted octanol–water partition coefficient (Wildman–Crippen LogP) is 2.28. The fourth-order valence-electron chi connectivity index (χ4n) is 2.21. The molecule has 1 saturated heterocycles. The van der Waals surface area contributed by atoms with Crippen molar-refractivity contribution in [3.63, 3.8) is 0 Å². The lowest BCUT2D eigenvalue weighted by atomic mass is 10.2. The molecular formula is C13H21N3OS. The Hall–Kier alpha value is -1.10. The number of nitrogen functional groups attached to an aromatic ring is 1. The monoisotopic (exact) mass is 267 g/mol. The van der Waals surface area contributed by atoms with Crippen LogP contribution < -0.4 is 11.1 Å². The van der Waals surface area contributed by atoms with E-state index in [1.807, 2.05) is 36.4 Å². The molecule has 18 heavy (non-hydrogen) atoms. The third kappa shape index (κ3) is 3.02. The van der Waals surface area contributed by atoms with Crippen molar-refractivity contribution in [2.24, 2.45) is 0 Å². The first kappa shape index (κ1) is 13.3. The molecule has 1 unspecified atom stereocenters. The van der Waals surface area contributed by atoms with Crippen molar-refractivity contribution < 1.29 is 4.79 Å². The van der Waals surface area contributed by atoms with Crippen molar-refractivity contribution in [1.29, 1.82) is 0 Å². The first-order valence-electron chi connectivity index (χ1n) is 6.45. The zero-order valence-corrected chi connectivity index (χ0v) is 11.8. The maximum Gasteiger partial charge on any atom is 0.268 e. The number of anilines is 1. The molecule has 1 aliphatic rings. The molecule has 1 fully saturated rings. The van der Waals surface area contributed by atoms with Crippen molar-refractivity contribution in [2.45, 2.75) is 38.0 Å². The van der Waals surface area contributed by atoms with E-state index in [9.17, 15) is 4.79 Å². The topological polar surface area (TPSA) is 60.0 Å². The van der Waals surface area contributed by atoms with Crippen LogP contribution in [0.25, 0.3) is 0 Å². The van der Waals surface area contributed by atoms with Crippen LogP contribution in [0.5, 0.6) is 0 Å². The van der Waals surface area contributed by atoms with E-state index in [4.69, 9.17) is 5.73 Å². The number of nitrogens with one attached hydrogen (secondary N) is 1. The average Bonchev–Trinajstić information content (AvgIpc) is 2.94. The second kappa shape index (κ2) is 5.69. The molecule has 1 amide bonds. The third-order valence-corrected chi connectivity index (χ3v) is 4.57. The van der Waals surface area contributed by atoms with Gasteiger partial charge in [0.2, 0.25) is 0 Å². The fraction of sp³-hybridized carbons (Fsp3) is 0.615. The van der Waals surface area contributed by atoms with Gasteiger partial charge in [-0.1, -0.05) is 0 Å². The molecule has 3 N–H and O–H groups in total. The van der Waals surface area contributed by atoms with E-state index in [1.165, 1.54) is 18.6 Å². The van der Waals surface area contributed by atoms with Crippen LogP contribution in [0.15, 0.2) is 12.3 Å². The van der Waals surface area contributed by atoms with Crippen molar-refractivity contribution in [2.75, 3.05) is 18.0 Å². The highest BCUT2D eigenvalue weighted by Crippen LogP contribution is 2.25. The van der Waals surface area contributed by atoms with Crippen LogP contribution in [0.3, 0.4) is 0 Å². The fourth-order valence-corrected chi connectivity index (χ4v) is 3.41. The maximum atomic E-state index is 12.1. The van der Waals surface area contributed by atoms with Crippen LogP contribution in [-0.2, 0) is 0 Å². The zero-order valence-electron chi connectivity index (χ0n) is 11.0. The molecule has 0 saturated carbocycles. The Morgan fingerprint density at radius 1 is 1.67 bits per heavy atom. The van der Waals surface area contributed by atoms with Gasteiger partial charge in [0.25, 0.3) is 5.91 Å². The molecule has 2 rings (SSSR count). The Balaban J connectivity index is 1.99. The van der Waals surface area contributed by atoms with E-state index < -0.39 is 0 Å². The Bertz CT molecular complexity index is 422. The number of rotatable bonds is 4. The Morgan fingerprint density at radius 2 is 2.44 bits per heavy atom. The number of aromatic nitrogens is 1. The van der Waals surface area contributed by atoms with Crippen LogP contribution >= 0.6 is 11.8 Å². The molecule has 0 aromatic carbocycles. The van der Waals surface area contributed by atoms with Gasteiger partial charge in [-0.15, -0.1) is 0 Å². The number of hydrogen-bond donors (Lipinski definition) is 2. The molecule has 1 aromatic heterocycles. The second-order valence-electron chi connectivity index (χ2n) is 5.00. The zero-order chi connectivity index (χ0) is 13.1. The number of carbonyl (C=O) groups excluding carboxylic acids is 1. The van der Waals surface area contributed by atoms with Gasteiger partial charge in [-0.25, -0.2) is 0 Å². The summed E-state index contributed by atoms with van der Waals surface area (Å²) >= 11 is 1.95. The maximum absolute atomic E-state index is 12.1. The molecule has 1 aromatic rings. The molecular weight excluding hydrogens is 246 g/mol.